The monoisotopic (exact) mass is 285 g/mol. The Morgan fingerprint density at radius 1 is 1.38 bits per heavy atom. The van der Waals surface area contributed by atoms with E-state index in [9.17, 15) is 9.18 Å². The highest BCUT2D eigenvalue weighted by Crippen LogP contribution is 2.23. The molecule has 0 radical (unpaired) electrons. The van der Waals surface area contributed by atoms with Crippen molar-refractivity contribution in [3.05, 3.63) is 33.5 Å². The lowest BCUT2D eigenvalue weighted by Crippen LogP contribution is -2.28. The molecule has 1 aliphatic heterocycles. The maximum absolute atomic E-state index is 13.9. The molecule has 0 aromatic heterocycles. The lowest BCUT2D eigenvalue weighted by Gasteiger charge is -2.16. The first-order valence-electron chi connectivity index (χ1n) is 5.35. The first kappa shape index (κ1) is 11.6. The topological polar surface area (TPSA) is 20.3 Å². The van der Waals surface area contributed by atoms with Crippen LogP contribution >= 0.6 is 15.9 Å². The number of amides is 1. The molecule has 0 atom stereocenters. The predicted octanol–water partition coefficient (Wildman–Crippen LogP) is 3.13. The van der Waals surface area contributed by atoms with Crippen LogP contribution in [0, 0.1) is 12.7 Å². The third kappa shape index (κ3) is 1.98. The molecule has 0 saturated carbocycles. The lowest BCUT2D eigenvalue weighted by molar-refractivity contribution is 0.0788. The van der Waals surface area contributed by atoms with Crippen LogP contribution in [0.2, 0.25) is 0 Å². The number of hydrogen-bond acceptors (Lipinski definition) is 1. The molecule has 1 saturated heterocycles. The molecule has 86 valence electrons. The molecule has 0 bridgehead atoms. The molecule has 0 N–H and O–H groups in total. The highest BCUT2D eigenvalue weighted by atomic mass is 79.9. The molecule has 0 unspecified atom stereocenters. The van der Waals surface area contributed by atoms with Crippen LogP contribution in [0.5, 0.6) is 0 Å². The summed E-state index contributed by atoms with van der Waals surface area (Å²) in [5.74, 6) is -0.600. The lowest BCUT2D eigenvalue weighted by atomic mass is 10.1. The van der Waals surface area contributed by atoms with Gasteiger partial charge in [-0.15, -0.1) is 0 Å². The Hall–Kier alpha value is -0.900. The van der Waals surface area contributed by atoms with Gasteiger partial charge in [-0.25, -0.2) is 4.39 Å². The molecule has 2 nitrogen and oxygen atoms in total. The van der Waals surface area contributed by atoms with Crippen LogP contribution in [-0.2, 0) is 0 Å². The van der Waals surface area contributed by atoms with Crippen molar-refractivity contribution in [3.63, 3.8) is 0 Å². The standard InChI is InChI=1S/C12H13BrFNO/c1-8-10(13)5-4-9(11(8)14)12(16)15-6-2-3-7-15/h4-5H,2-3,6-7H2,1H3. The number of hydrogen-bond donors (Lipinski definition) is 0. The van der Waals surface area contributed by atoms with Crippen LogP contribution in [0.1, 0.15) is 28.8 Å². The van der Waals surface area contributed by atoms with Gasteiger partial charge in [-0.3, -0.25) is 4.79 Å². The average molecular weight is 286 g/mol. The van der Waals surface area contributed by atoms with E-state index in [4.69, 9.17) is 0 Å². The summed E-state index contributed by atoms with van der Waals surface area (Å²) in [5.41, 5.74) is 0.674. The molecule has 1 fully saturated rings. The molecule has 16 heavy (non-hydrogen) atoms. The van der Waals surface area contributed by atoms with Crippen LogP contribution in [0.3, 0.4) is 0 Å². The molecule has 1 aromatic carbocycles. The van der Waals surface area contributed by atoms with E-state index >= 15 is 0 Å². The molecule has 1 amide bonds. The SMILES string of the molecule is Cc1c(Br)ccc(C(=O)N2CCCC2)c1F. The van der Waals surface area contributed by atoms with Gasteiger partial charge in [-0.05, 0) is 37.5 Å². The molecular weight excluding hydrogens is 273 g/mol. The third-order valence-electron chi connectivity index (χ3n) is 2.94. The Balaban J connectivity index is 2.33. The van der Waals surface area contributed by atoms with Gasteiger partial charge < -0.3 is 4.90 Å². The van der Waals surface area contributed by atoms with Crippen LogP contribution in [-0.4, -0.2) is 23.9 Å². The maximum atomic E-state index is 13.9. The Morgan fingerprint density at radius 2 is 2.00 bits per heavy atom. The quantitative estimate of drug-likeness (QED) is 0.776. The summed E-state index contributed by atoms with van der Waals surface area (Å²) in [5, 5.41) is 0. The van der Waals surface area contributed by atoms with Crippen LogP contribution < -0.4 is 0 Å². The molecule has 1 heterocycles. The summed E-state index contributed by atoms with van der Waals surface area (Å²) in [4.78, 5) is 13.7. The van der Waals surface area contributed by atoms with E-state index in [1.165, 1.54) is 0 Å². The molecule has 1 aromatic rings. The van der Waals surface area contributed by atoms with Gasteiger partial charge in [0, 0.05) is 17.6 Å². The Labute approximate surface area is 103 Å². The van der Waals surface area contributed by atoms with Gasteiger partial charge in [-0.1, -0.05) is 15.9 Å². The second-order valence-electron chi connectivity index (χ2n) is 4.03. The van der Waals surface area contributed by atoms with Gasteiger partial charge >= 0.3 is 0 Å². The van der Waals surface area contributed by atoms with Crippen molar-refractivity contribution in [2.75, 3.05) is 13.1 Å². The van der Waals surface area contributed by atoms with E-state index in [1.54, 1.807) is 24.0 Å². The van der Waals surface area contributed by atoms with Crippen molar-refractivity contribution < 1.29 is 9.18 Å². The number of rotatable bonds is 1. The van der Waals surface area contributed by atoms with Gasteiger partial charge in [0.15, 0.2) is 0 Å². The normalized spacial score (nSPS) is 15.6. The number of halogens is 2. The zero-order valence-electron chi connectivity index (χ0n) is 9.09. The average Bonchev–Trinajstić information content (AvgIpc) is 2.79. The summed E-state index contributed by atoms with van der Waals surface area (Å²) < 4.78 is 14.6. The minimum absolute atomic E-state index is 0.183. The van der Waals surface area contributed by atoms with Gasteiger partial charge in [0.2, 0.25) is 0 Å². The Morgan fingerprint density at radius 3 is 2.62 bits per heavy atom. The second-order valence-corrected chi connectivity index (χ2v) is 4.89. The van der Waals surface area contributed by atoms with Crippen molar-refractivity contribution in [2.24, 2.45) is 0 Å². The molecular formula is C12H13BrFNO. The Bertz CT molecular complexity index is 427. The number of nitrogens with zero attached hydrogens (tertiary/aromatic N) is 1. The highest BCUT2D eigenvalue weighted by Gasteiger charge is 2.23. The van der Waals surface area contributed by atoms with E-state index in [0.29, 0.717) is 10.0 Å². The minimum atomic E-state index is -0.411. The Kier molecular flexibility index (Phi) is 3.28. The van der Waals surface area contributed by atoms with Crippen molar-refractivity contribution in [2.45, 2.75) is 19.8 Å². The van der Waals surface area contributed by atoms with Crippen molar-refractivity contribution in [1.82, 2.24) is 4.90 Å². The molecule has 1 aliphatic rings. The summed E-state index contributed by atoms with van der Waals surface area (Å²) in [6.45, 7) is 3.15. The van der Waals surface area contributed by atoms with Crippen LogP contribution in [0.15, 0.2) is 16.6 Å². The van der Waals surface area contributed by atoms with Crippen molar-refractivity contribution in [1.29, 1.82) is 0 Å². The summed E-state index contributed by atoms with van der Waals surface area (Å²) >= 11 is 3.25. The molecule has 4 heteroatoms. The van der Waals surface area contributed by atoms with Gasteiger partial charge in [0.1, 0.15) is 5.82 Å². The van der Waals surface area contributed by atoms with Crippen LogP contribution in [0.4, 0.5) is 4.39 Å². The smallest absolute Gasteiger partial charge is 0.256 e. The third-order valence-corrected chi connectivity index (χ3v) is 3.80. The predicted molar refractivity (Wildman–Crippen MR) is 64.0 cm³/mol. The van der Waals surface area contributed by atoms with Crippen LogP contribution in [0.25, 0.3) is 0 Å². The maximum Gasteiger partial charge on any atom is 0.256 e. The number of carbonyl (C=O) groups excluding carboxylic acids is 1. The number of likely N-dealkylation sites (tertiary alicyclic amines) is 1. The second kappa shape index (κ2) is 4.53. The molecule has 0 aliphatic carbocycles. The van der Waals surface area contributed by atoms with E-state index in [2.05, 4.69) is 15.9 Å². The van der Waals surface area contributed by atoms with E-state index in [1.807, 2.05) is 0 Å². The van der Waals surface area contributed by atoms with E-state index < -0.39 is 5.82 Å². The zero-order valence-corrected chi connectivity index (χ0v) is 10.7. The fraction of sp³-hybridized carbons (Fsp3) is 0.417. The summed E-state index contributed by atoms with van der Waals surface area (Å²) in [7, 11) is 0. The van der Waals surface area contributed by atoms with Crippen molar-refractivity contribution in [3.8, 4) is 0 Å². The zero-order chi connectivity index (χ0) is 11.7. The largest absolute Gasteiger partial charge is 0.339 e. The summed E-state index contributed by atoms with van der Waals surface area (Å²) in [6.07, 6.45) is 2.03. The first-order chi connectivity index (χ1) is 7.61. The van der Waals surface area contributed by atoms with Crippen molar-refractivity contribution >= 4 is 21.8 Å². The van der Waals surface area contributed by atoms with Gasteiger partial charge in [-0.2, -0.15) is 0 Å². The number of carbonyl (C=O) groups is 1. The molecule has 2 rings (SSSR count). The van der Waals surface area contributed by atoms with E-state index in [-0.39, 0.29) is 11.5 Å². The van der Waals surface area contributed by atoms with Gasteiger partial charge in [0.25, 0.3) is 5.91 Å². The van der Waals surface area contributed by atoms with Gasteiger partial charge in [0.05, 0.1) is 5.56 Å². The number of benzene rings is 1. The fourth-order valence-electron chi connectivity index (χ4n) is 1.92. The fourth-order valence-corrected chi connectivity index (χ4v) is 2.22. The minimum Gasteiger partial charge on any atom is -0.339 e. The molecule has 0 spiro atoms. The summed E-state index contributed by atoms with van der Waals surface area (Å²) in [6, 6.07) is 3.27. The highest BCUT2D eigenvalue weighted by molar-refractivity contribution is 9.10. The first-order valence-corrected chi connectivity index (χ1v) is 6.14. The van der Waals surface area contributed by atoms with E-state index in [0.717, 1.165) is 25.9 Å².